The number of carbonyl (C=O) groups excluding carboxylic acids is 1. The van der Waals surface area contributed by atoms with E-state index < -0.39 is 4.92 Å². The summed E-state index contributed by atoms with van der Waals surface area (Å²) < 4.78 is 11.3. The van der Waals surface area contributed by atoms with Crippen molar-refractivity contribution in [2.75, 3.05) is 0 Å². The summed E-state index contributed by atoms with van der Waals surface area (Å²) in [6, 6.07) is 12.1. The maximum Gasteiger partial charge on any atom is 0.280 e. The summed E-state index contributed by atoms with van der Waals surface area (Å²) in [7, 11) is 0. The molecule has 3 aromatic heterocycles. The quantitative estimate of drug-likeness (QED) is 0.146. The number of hydrogen-bond donors (Lipinski definition) is 1. The normalized spacial score (nSPS) is 15.4. The van der Waals surface area contributed by atoms with Crippen molar-refractivity contribution in [2.24, 2.45) is 16.3 Å². The second kappa shape index (κ2) is 10.6. The van der Waals surface area contributed by atoms with Gasteiger partial charge in [-0.1, -0.05) is 26.8 Å². The summed E-state index contributed by atoms with van der Waals surface area (Å²) in [5, 5.41) is 15.2. The third kappa shape index (κ3) is 5.73. The molecule has 0 saturated heterocycles. The van der Waals surface area contributed by atoms with E-state index in [2.05, 4.69) is 26.1 Å². The largest absolute Gasteiger partial charge is 0.467 e. The number of hydrogen-bond acceptors (Lipinski definition) is 7. The third-order valence-corrected chi connectivity index (χ3v) is 8.42. The SMILES string of the molecule is Cc1ccc(-c2ccc(C=Nc3sc4c(c3C(=O)NCc3ccco3)CC[C@H](C(C)(C)C)C4)o2)c([N+](=O)[O-])c1. The molecule has 3 heterocycles. The Bertz CT molecular complexity index is 1540. The van der Waals surface area contributed by atoms with Crippen molar-refractivity contribution in [1.29, 1.82) is 0 Å². The molecule has 0 saturated carbocycles. The fraction of sp³-hybridized carbons (Fsp3) is 0.333. The molecule has 1 amide bonds. The van der Waals surface area contributed by atoms with Crippen LogP contribution in [0.1, 0.15) is 65.1 Å². The molecule has 8 nitrogen and oxygen atoms in total. The fourth-order valence-corrected chi connectivity index (χ4v) is 6.26. The van der Waals surface area contributed by atoms with Crippen molar-refractivity contribution in [3.63, 3.8) is 0 Å². The molecule has 0 aliphatic heterocycles. The number of rotatable bonds is 7. The van der Waals surface area contributed by atoms with E-state index >= 15 is 0 Å². The minimum atomic E-state index is -0.409. The van der Waals surface area contributed by atoms with Gasteiger partial charge in [0.15, 0.2) is 0 Å². The predicted molar refractivity (Wildman–Crippen MR) is 152 cm³/mol. The molecule has 1 aromatic carbocycles. The molecule has 202 valence electrons. The number of carbonyl (C=O) groups is 1. The standard InChI is InChI=1S/C30H31N3O5S/c1-18-7-10-22(24(14-18)33(35)36)25-12-9-21(38-25)17-32-29-27(28(34)31-16-20-6-5-13-37-20)23-11-8-19(30(2,3)4)15-26(23)39-29/h5-7,9-10,12-14,17,19H,8,11,15-16H2,1-4H3,(H,31,34)/t19-/m0/s1. The van der Waals surface area contributed by atoms with E-state index in [1.54, 1.807) is 48.1 Å². The fourth-order valence-electron chi connectivity index (χ4n) is 5.00. The molecular formula is C30H31N3O5S. The lowest BCUT2D eigenvalue weighted by Gasteiger charge is -2.33. The van der Waals surface area contributed by atoms with Gasteiger partial charge >= 0.3 is 0 Å². The zero-order chi connectivity index (χ0) is 27.7. The maximum absolute atomic E-state index is 13.4. The number of furan rings is 2. The van der Waals surface area contributed by atoms with Gasteiger partial charge in [0, 0.05) is 10.9 Å². The number of nitro benzene ring substituents is 1. The summed E-state index contributed by atoms with van der Waals surface area (Å²) in [5.74, 6) is 1.86. The summed E-state index contributed by atoms with van der Waals surface area (Å²) in [5.41, 5.74) is 3.04. The number of fused-ring (bicyclic) bond motifs is 1. The Balaban J connectivity index is 1.45. The summed E-state index contributed by atoms with van der Waals surface area (Å²) >= 11 is 1.55. The number of nitro groups is 1. The van der Waals surface area contributed by atoms with Gasteiger partial charge in [0.1, 0.15) is 22.3 Å². The molecule has 5 rings (SSSR count). The molecule has 0 unspecified atom stereocenters. The molecule has 0 bridgehead atoms. The van der Waals surface area contributed by atoms with Crippen LogP contribution in [0.5, 0.6) is 0 Å². The maximum atomic E-state index is 13.4. The van der Waals surface area contributed by atoms with Gasteiger partial charge in [0.25, 0.3) is 11.6 Å². The Morgan fingerprint density at radius 1 is 1.26 bits per heavy atom. The van der Waals surface area contributed by atoms with Crippen LogP contribution in [0.4, 0.5) is 10.7 Å². The molecule has 39 heavy (non-hydrogen) atoms. The van der Waals surface area contributed by atoms with Gasteiger partial charge in [-0.15, -0.1) is 11.3 Å². The third-order valence-electron chi connectivity index (χ3n) is 7.25. The van der Waals surface area contributed by atoms with Gasteiger partial charge in [0.2, 0.25) is 0 Å². The lowest BCUT2D eigenvalue weighted by molar-refractivity contribution is -0.384. The van der Waals surface area contributed by atoms with Crippen molar-refractivity contribution in [3.05, 3.63) is 91.9 Å². The Morgan fingerprint density at radius 2 is 2.08 bits per heavy atom. The van der Waals surface area contributed by atoms with E-state index in [1.165, 1.54) is 10.9 Å². The second-order valence-electron chi connectivity index (χ2n) is 11.0. The van der Waals surface area contributed by atoms with Crippen molar-refractivity contribution in [2.45, 2.75) is 53.5 Å². The molecule has 9 heteroatoms. The summed E-state index contributed by atoms with van der Waals surface area (Å²) in [6.07, 6.45) is 5.92. The number of aryl methyl sites for hydroxylation is 1. The summed E-state index contributed by atoms with van der Waals surface area (Å²) in [6.45, 7) is 8.89. The molecule has 1 aliphatic carbocycles. The molecule has 1 aliphatic rings. The minimum absolute atomic E-state index is 0.0114. The van der Waals surface area contributed by atoms with E-state index in [1.807, 2.05) is 19.1 Å². The van der Waals surface area contributed by atoms with Crippen molar-refractivity contribution in [1.82, 2.24) is 5.32 Å². The molecule has 0 radical (unpaired) electrons. The highest BCUT2D eigenvalue weighted by atomic mass is 32.1. The van der Waals surface area contributed by atoms with Crippen LogP contribution in [0.25, 0.3) is 11.3 Å². The smallest absolute Gasteiger partial charge is 0.280 e. The first-order chi connectivity index (χ1) is 18.6. The first kappa shape index (κ1) is 26.6. The van der Waals surface area contributed by atoms with Crippen LogP contribution in [0.15, 0.2) is 62.6 Å². The van der Waals surface area contributed by atoms with Crippen molar-refractivity contribution in [3.8, 4) is 11.3 Å². The predicted octanol–water partition coefficient (Wildman–Crippen LogP) is 7.65. The van der Waals surface area contributed by atoms with E-state index in [0.717, 1.165) is 30.4 Å². The van der Waals surface area contributed by atoms with Gasteiger partial charge < -0.3 is 14.2 Å². The highest BCUT2D eigenvalue weighted by molar-refractivity contribution is 7.16. The second-order valence-corrected chi connectivity index (χ2v) is 12.1. The van der Waals surface area contributed by atoms with E-state index in [-0.39, 0.29) is 17.0 Å². The first-order valence-electron chi connectivity index (χ1n) is 12.9. The zero-order valence-corrected chi connectivity index (χ0v) is 23.3. The number of nitrogens with zero attached hydrogens (tertiary/aromatic N) is 2. The topological polar surface area (TPSA) is 111 Å². The number of amides is 1. The molecular weight excluding hydrogens is 514 g/mol. The monoisotopic (exact) mass is 545 g/mol. The molecule has 1 atom stereocenters. The van der Waals surface area contributed by atoms with Gasteiger partial charge in [0.05, 0.1) is 35.1 Å². The number of thiophene rings is 1. The highest BCUT2D eigenvalue weighted by Crippen LogP contribution is 2.45. The first-order valence-corrected chi connectivity index (χ1v) is 13.8. The van der Waals surface area contributed by atoms with Crippen molar-refractivity contribution < 1.29 is 18.6 Å². The van der Waals surface area contributed by atoms with Crippen LogP contribution in [0.2, 0.25) is 0 Å². The molecule has 0 spiro atoms. The average molecular weight is 546 g/mol. The van der Waals surface area contributed by atoms with Gasteiger partial charge in [-0.2, -0.15) is 0 Å². The Labute approximate surface area is 230 Å². The lowest BCUT2D eigenvalue weighted by Crippen LogP contribution is -2.28. The van der Waals surface area contributed by atoms with Gasteiger partial charge in [-0.25, -0.2) is 4.99 Å². The van der Waals surface area contributed by atoms with Crippen LogP contribution in [-0.2, 0) is 19.4 Å². The average Bonchev–Trinajstić information content (AvgIpc) is 3.65. The molecule has 1 N–H and O–H groups in total. The number of benzene rings is 1. The van der Waals surface area contributed by atoms with Crippen LogP contribution in [0.3, 0.4) is 0 Å². The van der Waals surface area contributed by atoms with Crippen LogP contribution < -0.4 is 5.32 Å². The molecule has 0 fully saturated rings. The lowest BCUT2D eigenvalue weighted by atomic mass is 9.72. The minimum Gasteiger partial charge on any atom is -0.467 e. The summed E-state index contributed by atoms with van der Waals surface area (Å²) in [4.78, 5) is 30.5. The van der Waals surface area contributed by atoms with E-state index in [0.29, 0.717) is 45.9 Å². The highest BCUT2D eigenvalue weighted by Gasteiger charge is 2.33. The zero-order valence-electron chi connectivity index (χ0n) is 22.4. The Hall–Kier alpha value is -3.98. The molecule has 4 aromatic rings. The van der Waals surface area contributed by atoms with Gasteiger partial charge in [-0.3, -0.25) is 14.9 Å². The van der Waals surface area contributed by atoms with Crippen LogP contribution in [-0.4, -0.2) is 17.0 Å². The Morgan fingerprint density at radius 3 is 2.79 bits per heavy atom. The number of nitrogens with one attached hydrogen (secondary N) is 1. The van der Waals surface area contributed by atoms with Crippen LogP contribution >= 0.6 is 11.3 Å². The number of aliphatic imine (C=N–C) groups is 1. The van der Waals surface area contributed by atoms with E-state index in [9.17, 15) is 14.9 Å². The van der Waals surface area contributed by atoms with Crippen molar-refractivity contribution >= 4 is 34.1 Å². The Kier molecular flexibility index (Phi) is 7.27. The van der Waals surface area contributed by atoms with Crippen LogP contribution in [0, 0.1) is 28.4 Å². The van der Waals surface area contributed by atoms with Gasteiger partial charge in [-0.05, 0) is 79.0 Å². The van der Waals surface area contributed by atoms with E-state index in [4.69, 9.17) is 13.8 Å².